The van der Waals surface area contributed by atoms with E-state index in [0.717, 1.165) is 17.1 Å². The molecular formula is C31H43N3O10Si. The Kier molecular flexibility index (Phi) is 11.7. The van der Waals surface area contributed by atoms with E-state index in [9.17, 15) is 24.0 Å². The second-order valence-electron chi connectivity index (χ2n) is 12.3. The average Bonchev–Trinajstić information content (AvgIpc) is 3.27. The normalized spacial score (nSPS) is 20.9. The number of nitrogens with zero attached hydrogens (tertiary/aromatic N) is 1. The highest BCUT2D eigenvalue weighted by molar-refractivity contribution is 6.74. The smallest absolute Gasteiger partial charge is 0.408 e. The molecule has 14 heteroatoms. The number of H-pyrrole nitrogens is 1. The number of benzene rings is 1. The minimum absolute atomic E-state index is 0.0127. The number of carbonyl (C=O) groups excluding carboxylic acids is 3. The maximum atomic E-state index is 13.0. The van der Waals surface area contributed by atoms with Gasteiger partial charge in [-0.05, 0) is 30.6 Å². The summed E-state index contributed by atoms with van der Waals surface area (Å²) in [6.07, 6.45) is -1.30. The lowest BCUT2D eigenvalue weighted by atomic mass is 10.0. The van der Waals surface area contributed by atoms with Crippen LogP contribution in [0.5, 0.6) is 0 Å². The fourth-order valence-electron chi connectivity index (χ4n) is 4.41. The Bertz CT molecular complexity index is 1500. The Labute approximate surface area is 263 Å². The Morgan fingerprint density at radius 3 is 2.29 bits per heavy atom. The van der Waals surface area contributed by atoms with Crippen LogP contribution in [-0.4, -0.2) is 66.9 Å². The fraction of sp³-hybridized carbons (Fsp3) is 0.516. The van der Waals surface area contributed by atoms with E-state index in [2.05, 4.69) is 44.2 Å². The second-order valence-corrected chi connectivity index (χ2v) is 17.2. The van der Waals surface area contributed by atoms with Gasteiger partial charge in [-0.2, -0.15) is 0 Å². The van der Waals surface area contributed by atoms with E-state index >= 15 is 0 Å². The van der Waals surface area contributed by atoms with Crippen LogP contribution < -0.4 is 16.6 Å². The van der Waals surface area contributed by atoms with Crippen LogP contribution in [0.3, 0.4) is 0 Å². The topological polar surface area (TPSA) is 164 Å². The lowest BCUT2D eigenvalue weighted by molar-refractivity contribution is -0.165. The number of esters is 2. The Balaban J connectivity index is 2.00. The number of carbonyl (C=O) groups is 3. The molecule has 2 heterocycles. The Morgan fingerprint density at radius 2 is 1.69 bits per heavy atom. The molecule has 0 aliphatic carbocycles. The van der Waals surface area contributed by atoms with Crippen molar-refractivity contribution in [3.63, 3.8) is 0 Å². The minimum Gasteiger partial charge on any atom is -0.456 e. The first-order chi connectivity index (χ1) is 21.0. The fourth-order valence-corrected chi connectivity index (χ4v) is 5.36. The zero-order valence-corrected chi connectivity index (χ0v) is 27.9. The van der Waals surface area contributed by atoms with Gasteiger partial charge in [0.1, 0.15) is 12.7 Å². The molecule has 2 N–H and O–H groups in total. The van der Waals surface area contributed by atoms with Gasteiger partial charge in [0.25, 0.3) is 5.56 Å². The average molecular weight is 646 g/mol. The number of aromatic amines is 1. The number of rotatable bonds is 11. The van der Waals surface area contributed by atoms with Crippen LogP contribution in [0, 0.1) is 6.92 Å². The van der Waals surface area contributed by atoms with Crippen molar-refractivity contribution in [1.82, 2.24) is 14.9 Å². The monoisotopic (exact) mass is 645 g/mol. The molecule has 246 valence electrons. The van der Waals surface area contributed by atoms with Crippen LogP contribution in [0.1, 0.15) is 52.0 Å². The number of nitrogens with one attached hydrogen (secondary N) is 2. The molecule has 45 heavy (non-hydrogen) atoms. The zero-order chi connectivity index (χ0) is 33.5. The predicted octanol–water partition coefficient (Wildman–Crippen LogP) is 3.48. The summed E-state index contributed by atoms with van der Waals surface area (Å²) in [6, 6.07) is 8.07. The number of aromatic nitrogens is 2. The van der Waals surface area contributed by atoms with Gasteiger partial charge in [0.15, 0.2) is 26.8 Å². The number of hydrogen-bond donors (Lipinski definition) is 2. The molecule has 3 rings (SSSR count). The van der Waals surface area contributed by atoms with E-state index in [0.29, 0.717) is 0 Å². The number of aryl methyl sites for hydroxylation is 1. The molecule has 1 aliphatic rings. The van der Waals surface area contributed by atoms with Crippen molar-refractivity contribution in [2.24, 2.45) is 0 Å². The molecule has 1 aromatic heterocycles. The van der Waals surface area contributed by atoms with Crippen molar-refractivity contribution in [1.29, 1.82) is 0 Å². The largest absolute Gasteiger partial charge is 0.456 e. The van der Waals surface area contributed by atoms with Crippen molar-refractivity contribution < 1.29 is 37.8 Å². The summed E-state index contributed by atoms with van der Waals surface area (Å²) in [6.45, 7) is 14.6. The summed E-state index contributed by atoms with van der Waals surface area (Å²) < 4.78 is 30.1. The van der Waals surface area contributed by atoms with Gasteiger partial charge >= 0.3 is 23.7 Å². The lowest BCUT2D eigenvalue weighted by Gasteiger charge is -2.35. The van der Waals surface area contributed by atoms with Gasteiger partial charge in [-0.1, -0.05) is 63.3 Å². The highest BCUT2D eigenvalue weighted by atomic mass is 28.4. The lowest BCUT2D eigenvalue weighted by Crippen LogP contribution is -2.50. The summed E-state index contributed by atoms with van der Waals surface area (Å²) in [4.78, 5) is 64.6. The highest BCUT2D eigenvalue weighted by Gasteiger charge is 2.53. The molecule has 0 spiro atoms. The molecule has 5 atom stereocenters. The first kappa shape index (κ1) is 35.5. The first-order valence-corrected chi connectivity index (χ1v) is 17.5. The second kappa shape index (κ2) is 14.8. The van der Waals surface area contributed by atoms with Gasteiger partial charge in [0.2, 0.25) is 0 Å². The molecule has 1 amide bonds. The summed E-state index contributed by atoms with van der Waals surface area (Å²) in [5, 5.41) is 2.71. The molecule has 13 nitrogen and oxygen atoms in total. The minimum atomic E-state index is -2.12. The van der Waals surface area contributed by atoms with Crippen LogP contribution >= 0.6 is 0 Å². The van der Waals surface area contributed by atoms with Gasteiger partial charge in [0, 0.05) is 25.6 Å². The summed E-state index contributed by atoms with van der Waals surface area (Å²) in [7, 11) is -2.12. The molecule has 0 radical (unpaired) electrons. The third kappa shape index (κ3) is 9.49. The molecular weight excluding hydrogens is 602 g/mol. The van der Waals surface area contributed by atoms with E-state index < -0.39 is 68.2 Å². The Hall–Kier alpha value is -4.01. The summed E-state index contributed by atoms with van der Waals surface area (Å²) in [5.74, 6) is -1.45. The van der Waals surface area contributed by atoms with E-state index in [1.54, 1.807) is 24.3 Å². The first-order valence-electron chi connectivity index (χ1n) is 14.6. The third-order valence-electron chi connectivity index (χ3n) is 7.79. The molecule has 0 bridgehead atoms. The van der Waals surface area contributed by atoms with Crippen molar-refractivity contribution in [3.05, 3.63) is 80.6 Å². The molecule has 2 aromatic rings. The molecule has 1 aromatic carbocycles. The van der Waals surface area contributed by atoms with E-state index in [1.165, 1.54) is 20.0 Å². The summed E-state index contributed by atoms with van der Waals surface area (Å²) >= 11 is 0. The Morgan fingerprint density at radius 1 is 1.07 bits per heavy atom. The number of alkyl carbamates (subject to hydrolysis) is 1. The van der Waals surface area contributed by atoms with Gasteiger partial charge in [-0.15, -0.1) is 0 Å². The van der Waals surface area contributed by atoms with Gasteiger partial charge in [-0.3, -0.25) is 23.9 Å². The maximum Gasteiger partial charge on any atom is 0.408 e. The van der Waals surface area contributed by atoms with Crippen molar-refractivity contribution >= 4 is 26.3 Å². The highest BCUT2D eigenvalue weighted by Crippen LogP contribution is 2.37. The maximum absolute atomic E-state index is 13.0. The van der Waals surface area contributed by atoms with Gasteiger partial charge in [0.05, 0.1) is 12.6 Å². The van der Waals surface area contributed by atoms with Gasteiger partial charge < -0.3 is 28.7 Å². The number of hydrogen-bond acceptors (Lipinski definition) is 10. The number of amides is 1. The molecule has 1 saturated heterocycles. The van der Waals surface area contributed by atoms with Crippen LogP contribution in [0.4, 0.5) is 4.79 Å². The molecule has 0 saturated carbocycles. The summed E-state index contributed by atoms with van der Waals surface area (Å²) in [5.41, 5.74) is -0.480. The standard InChI is InChI=1S/C31H43N3O10Si/c1-19-17-34(29(38)33-27(19)37)28-26(43-21(3)36)25(42-20(2)35)24(44-28)23(15-12-16-41-45(7,8)31(4,5)6)32-30(39)40-18-22-13-10-9-11-14-22/h9-15,17,23-26,28H,16,18H2,1-8H3,(H,32,39)(H,33,37,38)/b15-12+/t23-,24-,25-,26-,28-/m1/s1. The van der Waals surface area contributed by atoms with Gasteiger partial charge in [-0.25, -0.2) is 9.59 Å². The third-order valence-corrected chi connectivity index (χ3v) is 12.3. The van der Waals surface area contributed by atoms with Crippen molar-refractivity contribution in [2.75, 3.05) is 6.61 Å². The van der Waals surface area contributed by atoms with Crippen LogP contribution in [0.25, 0.3) is 0 Å². The van der Waals surface area contributed by atoms with Crippen molar-refractivity contribution in [2.45, 2.75) is 96.9 Å². The van der Waals surface area contributed by atoms with Crippen molar-refractivity contribution in [3.8, 4) is 0 Å². The van der Waals surface area contributed by atoms with Crippen LogP contribution in [-0.2, 0) is 39.6 Å². The zero-order valence-electron chi connectivity index (χ0n) is 26.9. The quantitative estimate of drug-likeness (QED) is 0.160. The van der Waals surface area contributed by atoms with E-state index in [4.69, 9.17) is 23.4 Å². The SMILES string of the molecule is CC(=O)O[C@H]1[C@@H](OC(C)=O)[C@H](n2cc(C)c(=O)[nH]c2=O)O[C@@H]1[C@@H](/C=C/CO[Si](C)(C)C(C)(C)C)NC(=O)OCc1ccccc1. The molecule has 1 fully saturated rings. The predicted molar refractivity (Wildman–Crippen MR) is 167 cm³/mol. The van der Waals surface area contributed by atoms with Crippen LogP contribution in [0.15, 0.2) is 58.3 Å². The molecule has 1 aliphatic heterocycles. The van der Waals surface area contributed by atoms with E-state index in [1.807, 2.05) is 18.2 Å². The number of ether oxygens (including phenoxy) is 4. The van der Waals surface area contributed by atoms with E-state index in [-0.39, 0.29) is 23.8 Å². The van der Waals surface area contributed by atoms with Crippen LogP contribution in [0.2, 0.25) is 18.1 Å². The molecule has 0 unspecified atom stereocenters.